The summed E-state index contributed by atoms with van der Waals surface area (Å²) >= 11 is 2.53. The van der Waals surface area contributed by atoms with Gasteiger partial charge in [-0.05, 0) is 104 Å². The lowest BCUT2D eigenvalue weighted by molar-refractivity contribution is -0.130. The first-order valence-corrected chi connectivity index (χ1v) is 14.2. The molecule has 4 fully saturated rings. The first kappa shape index (κ1) is 22.9. The van der Waals surface area contributed by atoms with Gasteiger partial charge in [0.05, 0.1) is 6.10 Å². The molecule has 4 rings (SSSR count). The minimum atomic E-state index is -0.0683. The highest BCUT2D eigenvalue weighted by atomic mass is 127. The van der Waals surface area contributed by atoms with Crippen LogP contribution in [-0.4, -0.2) is 15.1 Å². The van der Waals surface area contributed by atoms with Crippen LogP contribution in [0.2, 0.25) is 0 Å². The number of fused-ring (bicyclic) bond motifs is 5. The fourth-order valence-corrected chi connectivity index (χ4v) is 10.1. The van der Waals surface area contributed by atoms with Gasteiger partial charge in [0.2, 0.25) is 0 Å². The Bertz CT molecular complexity index is 575. The SMILES string of the molecule is CC(C)CCC[C@@H](C)C1CCC2C3CC[C@H]4C[C@H](I)C(O)CC4(C)C3CCC21C. The van der Waals surface area contributed by atoms with Crippen LogP contribution in [0.15, 0.2) is 0 Å². The first-order valence-electron chi connectivity index (χ1n) is 13.0. The van der Waals surface area contributed by atoms with E-state index >= 15 is 0 Å². The van der Waals surface area contributed by atoms with Crippen molar-refractivity contribution >= 4 is 22.6 Å². The molecular weight excluding hydrogens is 467 g/mol. The molecule has 0 aromatic rings. The van der Waals surface area contributed by atoms with Crippen LogP contribution in [0.4, 0.5) is 0 Å². The molecule has 0 saturated heterocycles. The molecule has 7 unspecified atom stereocenters. The number of aliphatic hydroxyl groups is 1. The molecule has 0 spiro atoms. The highest BCUT2D eigenvalue weighted by Crippen LogP contribution is 2.68. The Kier molecular flexibility index (Phi) is 6.75. The van der Waals surface area contributed by atoms with Gasteiger partial charge in [0, 0.05) is 3.92 Å². The summed E-state index contributed by atoms with van der Waals surface area (Å²) in [5.74, 6) is 6.38. The molecule has 0 aromatic heterocycles. The second-order valence-electron chi connectivity index (χ2n) is 12.7. The van der Waals surface area contributed by atoms with E-state index in [0.29, 0.717) is 14.8 Å². The molecule has 0 aliphatic heterocycles. The summed E-state index contributed by atoms with van der Waals surface area (Å²) in [6.45, 7) is 12.6. The Morgan fingerprint density at radius 1 is 0.931 bits per heavy atom. The summed E-state index contributed by atoms with van der Waals surface area (Å²) < 4.78 is 0.485. The number of hydrogen-bond donors (Lipinski definition) is 1. The molecule has 4 aliphatic carbocycles. The zero-order valence-corrected chi connectivity index (χ0v) is 22.0. The number of halogens is 1. The molecule has 1 N–H and O–H groups in total. The predicted molar refractivity (Wildman–Crippen MR) is 132 cm³/mol. The van der Waals surface area contributed by atoms with E-state index in [4.69, 9.17) is 0 Å². The van der Waals surface area contributed by atoms with Gasteiger partial charge in [-0.1, -0.05) is 76.5 Å². The van der Waals surface area contributed by atoms with Gasteiger partial charge in [0.1, 0.15) is 0 Å². The quantitative estimate of drug-likeness (QED) is 0.292. The van der Waals surface area contributed by atoms with Crippen LogP contribution in [0.1, 0.15) is 105 Å². The first-order chi connectivity index (χ1) is 13.7. The van der Waals surface area contributed by atoms with Crippen LogP contribution in [0.5, 0.6) is 0 Å². The molecule has 0 radical (unpaired) electrons. The van der Waals surface area contributed by atoms with Crippen molar-refractivity contribution in [3.05, 3.63) is 0 Å². The molecule has 10 atom stereocenters. The molecule has 4 aliphatic rings. The molecule has 0 heterocycles. The lowest BCUT2D eigenvalue weighted by Gasteiger charge is -2.61. The second-order valence-corrected chi connectivity index (χ2v) is 14.3. The van der Waals surface area contributed by atoms with Gasteiger partial charge < -0.3 is 5.11 Å². The Morgan fingerprint density at radius 3 is 2.38 bits per heavy atom. The third-order valence-corrected chi connectivity index (χ3v) is 12.2. The van der Waals surface area contributed by atoms with Crippen LogP contribution in [0.3, 0.4) is 0 Å². The zero-order chi connectivity index (χ0) is 21.0. The second kappa shape index (κ2) is 8.56. The minimum Gasteiger partial charge on any atom is -0.392 e. The Morgan fingerprint density at radius 2 is 1.66 bits per heavy atom. The molecule has 29 heavy (non-hydrogen) atoms. The van der Waals surface area contributed by atoms with Crippen molar-refractivity contribution in [3.8, 4) is 0 Å². The lowest BCUT2D eigenvalue weighted by atomic mass is 9.44. The highest BCUT2D eigenvalue weighted by molar-refractivity contribution is 14.1. The van der Waals surface area contributed by atoms with Gasteiger partial charge in [-0.15, -0.1) is 0 Å². The predicted octanol–water partition coefficient (Wildman–Crippen LogP) is 7.88. The summed E-state index contributed by atoms with van der Waals surface area (Å²) in [6, 6.07) is 0. The van der Waals surface area contributed by atoms with Crippen molar-refractivity contribution in [2.75, 3.05) is 0 Å². The fraction of sp³-hybridized carbons (Fsp3) is 1.00. The molecule has 168 valence electrons. The molecule has 2 heteroatoms. The average molecular weight is 515 g/mol. The topological polar surface area (TPSA) is 20.2 Å². The Balaban J connectivity index is 1.47. The van der Waals surface area contributed by atoms with Crippen LogP contribution in [0.25, 0.3) is 0 Å². The van der Waals surface area contributed by atoms with Crippen LogP contribution in [0, 0.1) is 52.3 Å². The highest BCUT2D eigenvalue weighted by Gasteiger charge is 2.61. The van der Waals surface area contributed by atoms with E-state index in [9.17, 15) is 5.11 Å². The van der Waals surface area contributed by atoms with Crippen LogP contribution < -0.4 is 0 Å². The minimum absolute atomic E-state index is 0.0683. The van der Waals surface area contributed by atoms with Crippen LogP contribution in [-0.2, 0) is 0 Å². The maximum absolute atomic E-state index is 10.7. The lowest BCUT2D eigenvalue weighted by Crippen LogP contribution is -2.56. The number of hydrogen-bond acceptors (Lipinski definition) is 1. The zero-order valence-electron chi connectivity index (χ0n) is 19.8. The number of alkyl halides is 1. The molecule has 0 bridgehead atoms. The third-order valence-electron chi connectivity index (χ3n) is 10.8. The monoisotopic (exact) mass is 514 g/mol. The molecule has 4 saturated carbocycles. The largest absolute Gasteiger partial charge is 0.392 e. The smallest absolute Gasteiger partial charge is 0.0663 e. The third kappa shape index (κ3) is 3.98. The summed E-state index contributed by atoms with van der Waals surface area (Å²) in [5.41, 5.74) is 1.01. The van der Waals surface area contributed by atoms with E-state index < -0.39 is 0 Å². The molecule has 1 nitrogen and oxygen atoms in total. The summed E-state index contributed by atoms with van der Waals surface area (Å²) in [5, 5.41) is 10.7. The maximum atomic E-state index is 10.7. The van der Waals surface area contributed by atoms with Gasteiger partial charge in [-0.3, -0.25) is 0 Å². The van der Waals surface area contributed by atoms with E-state index in [2.05, 4.69) is 57.2 Å². The van der Waals surface area contributed by atoms with Crippen molar-refractivity contribution in [3.63, 3.8) is 0 Å². The Hall–Kier alpha value is 0.690. The normalized spacial score (nSPS) is 50.7. The van der Waals surface area contributed by atoms with E-state index in [1.807, 2.05) is 0 Å². The van der Waals surface area contributed by atoms with Gasteiger partial charge in [-0.25, -0.2) is 0 Å². The molecule has 0 amide bonds. The summed E-state index contributed by atoms with van der Waals surface area (Å²) in [7, 11) is 0. The maximum Gasteiger partial charge on any atom is 0.0663 e. The van der Waals surface area contributed by atoms with Gasteiger partial charge in [0.15, 0.2) is 0 Å². The van der Waals surface area contributed by atoms with Crippen molar-refractivity contribution in [2.45, 2.75) is 115 Å². The van der Waals surface area contributed by atoms with Gasteiger partial charge in [0.25, 0.3) is 0 Å². The Labute approximate surface area is 194 Å². The van der Waals surface area contributed by atoms with E-state index in [1.54, 1.807) is 0 Å². The van der Waals surface area contributed by atoms with Crippen molar-refractivity contribution in [1.29, 1.82) is 0 Å². The fourth-order valence-electron chi connectivity index (χ4n) is 9.27. The van der Waals surface area contributed by atoms with E-state index in [0.717, 1.165) is 47.8 Å². The number of rotatable bonds is 5. The summed E-state index contributed by atoms with van der Waals surface area (Å²) in [6.07, 6.45) is 15.4. The van der Waals surface area contributed by atoms with Gasteiger partial charge in [-0.2, -0.15) is 0 Å². The van der Waals surface area contributed by atoms with Crippen molar-refractivity contribution < 1.29 is 5.11 Å². The van der Waals surface area contributed by atoms with Crippen molar-refractivity contribution in [1.82, 2.24) is 0 Å². The standard InChI is InChI=1S/C27H47IO/c1-17(2)7-6-8-18(3)21-11-12-22-20-10-9-19-15-24(28)25(29)16-27(19,5)23(20)13-14-26(21,22)4/h17-25,29H,6-16H2,1-5H3/t18-,19+,20?,21?,22?,23?,24+,25?,26?,27?/m1/s1. The van der Waals surface area contributed by atoms with Crippen LogP contribution >= 0.6 is 22.6 Å². The van der Waals surface area contributed by atoms with E-state index in [-0.39, 0.29) is 6.10 Å². The van der Waals surface area contributed by atoms with Crippen molar-refractivity contribution in [2.24, 2.45) is 52.3 Å². The van der Waals surface area contributed by atoms with E-state index in [1.165, 1.54) is 64.2 Å². The molecular formula is C27H47IO. The van der Waals surface area contributed by atoms with Gasteiger partial charge >= 0.3 is 0 Å². The average Bonchev–Trinajstić information content (AvgIpc) is 3.00. The number of aliphatic hydroxyl groups excluding tert-OH is 1. The molecule has 0 aromatic carbocycles. The summed E-state index contributed by atoms with van der Waals surface area (Å²) in [4.78, 5) is 0.